The highest BCUT2D eigenvalue weighted by Gasteiger charge is 2.45. The maximum Gasteiger partial charge on any atom is 0.252 e. The van der Waals surface area contributed by atoms with Crippen molar-refractivity contribution in [3.05, 3.63) is 125 Å². The van der Waals surface area contributed by atoms with Gasteiger partial charge in [0.05, 0.1) is 35.5 Å². The molecule has 4 aromatic carbocycles. The first-order chi connectivity index (χ1) is 23.9. The van der Waals surface area contributed by atoms with Crippen LogP contribution < -0.4 is 20.1 Å². The largest absolute Gasteiger partial charge is 0.493 e. The zero-order valence-electron chi connectivity index (χ0n) is 28.3. The second-order valence-corrected chi connectivity index (χ2v) is 13.4. The van der Waals surface area contributed by atoms with Gasteiger partial charge in [-0.25, -0.2) is 4.98 Å². The van der Waals surface area contributed by atoms with E-state index < -0.39 is 12.1 Å². The number of benzene rings is 4. The number of carbonyl (C=O) groups is 1. The first kappa shape index (κ1) is 32.8. The van der Waals surface area contributed by atoms with E-state index in [0.29, 0.717) is 42.1 Å². The fourth-order valence-electron chi connectivity index (χ4n) is 7.26. The van der Waals surface area contributed by atoms with Crippen molar-refractivity contribution in [2.24, 2.45) is 0 Å². The number of pyridine rings is 1. The molecule has 1 spiro atoms. The van der Waals surface area contributed by atoms with Crippen LogP contribution in [0.5, 0.6) is 11.5 Å². The third-order valence-corrected chi connectivity index (χ3v) is 10.1. The molecule has 3 atom stereocenters. The number of ether oxygens (including phenoxy) is 2. The molecule has 0 saturated heterocycles. The predicted molar refractivity (Wildman–Crippen MR) is 194 cm³/mol. The number of rotatable bonds is 12. The Labute approximate surface area is 288 Å². The topological polar surface area (TPSA) is 92.7 Å². The Morgan fingerprint density at radius 1 is 0.959 bits per heavy atom. The molecule has 0 bridgehead atoms. The molecular formula is C42H45N3O4. The number of hydrogen-bond acceptors (Lipinski definition) is 6. The number of hydrogen-bond donors (Lipinski definition) is 3. The van der Waals surface area contributed by atoms with Gasteiger partial charge < -0.3 is 25.2 Å². The van der Waals surface area contributed by atoms with Gasteiger partial charge in [0.25, 0.3) is 5.91 Å². The SMILES string of the molecule is CCOc1ccccc1-c1cc(C(=O)N[C@@H](Cc2ccccc2)[C@H](O)CN[C@H]2CC3(CCC3)Oc3ccc(CC)cc32)c2ccccc2n1. The second-order valence-electron chi connectivity index (χ2n) is 13.4. The summed E-state index contributed by atoms with van der Waals surface area (Å²) >= 11 is 0. The number of aliphatic hydroxyl groups is 1. The molecule has 252 valence electrons. The number of para-hydroxylation sites is 2. The summed E-state index contributed by atoms with van der Waals surface area (Å²) in [6.45, 7) is 4.95. The molecular weight excluding hydrogens is 610 g/mol. The Kier molecular flexibility index (Phi) is 9.65. The van der Waals surface area contributed by atoms with Crippen molar-refractivity contribution in [1.82, 2.24) is 15.6 Å². The van der Waals surface area contributed by atoms with E-state index in [-0.39, 0.29) is 17.6 Å². The van der Waals surface area contributed by atoms with Crippen molar-refractivity contribution in [1.29, 1.82) is 0 Å². The van der Waals surface area contributed by atoms with Gasteiger partial charge in [-0.3, -0.25) is 4.79 Å². The zero-order chi connectivity index (χ0) is 33.8. The highest BCUT2D eigenvalue weighted by atomic mass is 16.5. The van der Waals surface area contributed by atoms with Crippen LogP contribution in [0.2, 0.25) is 0 Å². The van der Waals surface area contributed by atoms with Crippen LogP contribution in [0.1, 0.15) is 72.6 Å². The summed E-state index contributed by atoms with van der Waals surface area (Å²) in [5.74, 6) is 1.40. The molecule has 2 heterocycles. The van der Waals surface area contributed by atoms with E-state index in [1.807, 2.05) is 91.9 Å². The number of nitrogens with zero attached hydrogens (tertiary/aromatic N) is 1. The van der Waals surface area contributed by atoms with Crippen LogP contribution in [0.25, 0.3) is 22.2 Å². The van der Waals surface area contributed by atoms with Gasteiger partial charge in [0.2, 0.25) is 0 Å². The highest BCUT2D eigenvalue weighted by molar-refractivity contribution is 6.07. The Balaban J connectivity index is 1.17. The molecule has 1 saturated carbocycles. The van der Waals surface area contributed by atoms with Gasteiger partial charge in [-0.2, -0.15) is 0 Å². The number of fused-ring (bicyclic) bond motifs is 2. The fraction of sp³-hybridized carbons (Fsp3) is 0.333. The molecule has 7 rings (SSSR count). The summed E-state index contributed by atoms with van der Waals surface area (Å²) in [6.07, 6.45) is 4.71. The smallest absolute Gasteiger partial charge is 0.252 e. The van der Waals surface area contributed by atoms with Gasteiger partial charge in [0.1, 0.15) is 17.1 Å². The molecule has 1 aromatic heterocycles. The molecule has 0 unspecified atom stereocenters. The molecule has 3 N–H and O–H groups in total. The summed E-state index contributed by atoms with van der Waals surface area (Å²) in [5.41, 5.74) is 6.01. The van der Waals surface area contributed by atoms with Gasteiger partial charge in [0.15, 0.2) is 0 Å². The van der Waals surface area contributed by atoms with E-state index in [4.69, 9.17) is 14.5 Å². The lowest BCUT2D eigenvalue weighted by molar-refractivity contribution is -0.0382. The van der Waals surface area contributed by atoms with Crippen molar-refractivity contribution >= 4 is 16.8 Å². The lowest BCUT2D eigenvalue weighted by atomic mass is 9.72. The summed E-state index contributed by atoms with van der Waals surface area (Å²) in [7, 11) is 0. The van der Waals surface area contributed by atoms with Crippen LogP contribution in [0.3, 0.4) is 0 Å². The molecule has 49 heavy (non-hydrogen) atoms. The zero-order valence-corrected chi connectivity index (χ0v) is 28.3. The third kappa shape index (κ3) is 7.05. The maximum atomic E-state index is 14.3. The average Bonchev–Trinajstić information content (AvgIpc) is 3.12. The van der Waals surface area contributed by atoms with Crippen LogP contribution in [0, 0.1) is 0 Å². The summed E-state index contributed by atoms with van der Waals surface area (Å²) in [4.78, 5) is 19.2. The number of aryl methyl sites for hydroxylation is 1. The number of nitrogens with one attached hydrogen (secondary N) is 2. The second kappa shape index (κ2) is 14.4. The van der Waals surface area contributed by atoms with E-state index in [1.54, 1.807) is 0 Å². The molecule has 7 nitrogen and oxygen atoms in total. The van der Waals surface area contributed by atoms with Crippen LogP contribution in [-0.4, -0.2) is 46.9 Å². The van der Waals surface area contributed by atoms with Crippen LogP contribution in [0.15, 0.2) is 103 Å². The first-order valence-corrected chi connectivity index (χ1v) is 17.7. The molecule has 0 radical (unpaired) electrons. The Bertz CT molecular complexity index is 1920. The van der Waals surface area contributed by atoms with Crippen molar-refractivity contribution in [3.8, 4) is 22.8 Å². The van der Waals surface area contributed by atoms with Crippen molar-refractivity contribution in [3.63, 3.8) is 0 Å². The molecule has 1 aliphatic carbocycles. The van der Waals surface area contributed by atoms with Gasteiger partial charge in [0, 0.05) is 35.5 Å². The normalized spacial score (nSPS) is 17.4. The monoisotopic (exact) mass is 655 g/mol. The lowest BCUT2D eigenvalue weighted by Gasteiger charge is -2.48. The van der Waals surface area contributed by atoms with Gasteiger partial charge in [-0.1, -0.05) is 79.7 Å². The lowest BCUT2D eigenvalue weighted by Crippen LogP contribution is -2.52. The minimum absolute atomic E-state index is 0.0513. The van der Waals surface area contributed by atoms with Crippen molar-refractivity contribution in [2.75, 3.05) is 13.2 Å². The minimum atomic E-state index is -0.853. The van der Waals surface area contributed by atoms with Gasteiger partial charge in [-0.05, 0) is 80.5 Å². The van der Waals surface area contributed by atoms with E-state index in [9.17, 15) is 9.90 Å². The molecule has 1 amide bonds. The van der Waals surface area contributed by atoms with Crippen LogP contribution >= 0.6 is 0 Å². The molecule has 7 heteroatoms. The molecule has 2 aliphatic rings. The Hall–Kier alpha value is -4.72. The van der Waals surface area contributed by atoms with E-state index in [1.165, 1.54) is 12.0 Å². The minimum Gasteiger partial charge on any atom is -0.493 e. The van der Waals surface area contributed by atoms with E-state index >= 15 is 0 Å². The van der Waals surface area contributed by atoms with Crippen LogP contribution in [-0.2, 0) is 12.8 Å². The average molecular weight is 656 g/mol. The summed E-state index contributed by atoms with van der Waals surface area (Å²) in [6, 6.07) is 33.3. The Morgan fingerprint density at radius 3 is 2.51 bits per heavy atom. The highest BCUT2D eigenvalue weighted by Crippen LogP contribution is 2.49. The number of amides is 1. The van der Waals surface area contributed by atoms with Crippen molar-refractivity contribution in [2.45, 2.75) is 76.2 Å². The Morgan fingerprint density at radius 2 is 1.73 bits per heavy atom. The quantitative estimate of drug-likeness (QED) is 0.128. The first-order valence-electron chi connectivity index (χ1n) is 17.7. The number of aromatic nitrogens is 1. The number of carbonyl (C=O) groups excluding carboxylic acids is 1. The van der Waals surface area contributed by atoms with Crippen LogP contribution in [0.4, 0.5) is 0 Å². The molecule has 5 aromatic rings. The third-order valence-electron chi connectivity index (χ3n) is 10.1. The summed E-state index contributed by atoms with van der Waals surface area (Å²) in [5, 5.41) is 19.5. The fourth-order valence-corrected chi connectivity index (χ4v) is 7.26. The number of aliphatic hydroxyl groups excluding tert-OH is 1. The van der Waals surface area contributed by atoms with E-state index in [0.717, 1.165) is 53.5 Å². The summed E-state index contributed by atoms with van der Waals surface area (Å²) < 4.78 is 12.5. The van der Waals surface area contributed by atoms with Crippen molar-refractivity contribution < 1.29 is 19.4 Å². The predicted octanol–water partition coefficient (Wildman–Crippen LogP) is 7.60. The molecule has 1 fully saturated rings. The molecule has 1 aliphatic heterocycles. The standard InChI is InChI=1S/C42H45N3O4/c1-3-28-19-20-40-33(23-28)37(26-42(49-40)21-12-22-42)43-27-38(46)36(24-29-13-6-5-7-14-29)45-41(47)32-25-35(44-34-17-10-8-15-30(32)34)31-16-9-11-18-39(31)48-4-2/h5-11,13-20,23,25,36-38,43,46H,3-4,12,21-22,24,26-27H2,1-2H3,(H,45,47)/t36-,37-,38+/m0/s1. The van der Waals surface area contributed by atoms with E-state index in [2.05, 4.69) is 35.8 Å². The maximum absolute atomic E-state index is 14.3. The van der Waals surface area contributed by atoms with Gasteiger partial charge >= 0.3 is 0 Å². The van der Waals surface area contributed by atoms with Gasteiger partial charge in [-0.15, -0.1) is 0 Å².